The predicted molar refractivity (Wildman–Crippen MR) is 115 cm³/mol. The standard InChI is InChI=1S/C20H20Cl3N5O2/c21-20(22,23)18-27-17(28-30-18)13-8-25-16-12(1-2-24-16)15(13)26-14-10-3-9-4-11(14)7-19(29,5-9)6-10/h1-2,8-11,14,29H,3-7H2,(H2,24,25,26)/t9?,10-,11+,14?,19?. The fraction of sp³-hybridized carbons (Fsp3) is 0.550. The molecule has 4 saturated carbocycles. The average Bonchev–Trinajstić information content (AvgIpc) is 3.32. The summed E-state index contributed by atoms with van der Waals surface area (Å²) in [6, 6.07) is 2.26. The summed E-state index contributed by atoms with van der Waals surface area (Å²) in [5.41, 5.74) is 1.88. The average molecular weight is 469 g/mol. The first-order valence-electron chi connectivity index (χ1n) is 10.2. The molecule has 3 aromatic heterocycles. The molecule has 30 heavy (non-hydrogen) atoms. The van der Waals surface area contributed by atoms with Crippen LogP contribution in [-0.4, -0.2) is 36.9 Å². The van der Waals surface area contributed by atoms with E-state index in [0.29, 0.717) is 29.1 Å². The Kier molecular flexibility index (Phi) is 4.14. The van der Waals surface area contributed by atoms with Crippen LogP contribution in [0.25, 0.3) is 22.4 Å². The maximum Gasteiger partial charge on any atom is 0.279 e. The van der Waals surface area contributed by atoms with Gasteiger partial charge in [0.05, 0.1) is 16.9 Å². The van der Waals surface area contributed by atoms with Crippen molar-refractivity contribution in [2.45, 2.75) is 47.5 Å². The number of hydrogen-bond acceptors (Lipinski definition) is 6. The van der Waals surface area contributed by atoms with Crippen LogP contribution in [0.15, 0.2) is 23.0 Å². The summed E-state index contributed by atoms with van der Waals surface area (Å²) in [5.74, 6) is 1.76. The second-order valence-electron chi connectivity index (χ2n) is 9.07. The fourth-order valence-electron chi connectivity index (χ4n) is 6.16. The largest absolute Gasteiger partial charge is 0.390 e. The van der Waals surface area contributed by atoms with Crippen molar-refractivity contribution in [1.29, 1.82) is 0 Å². The van der Waals surface area contributed by atoms with E-state index < -0.39 is 9.39 Å². The Hall–Kier alpha value is -1.54. The molecular weight excluding hydrogens is 449 g/mol. The van der Waals surface area contributed by atoms with Crippen LogP contribution in [0.4, 0.5) is 5.69 Å². The zero-order chi connectivity index (χ0) is 20.7. The lowest BCUT2D eigenvalue weighted by Gasteiger charge is -2.58. The maximum absolute atomic E-state index is 10.9. The lowest BCUT2D eigenvalue weighted by molar-refractivity contribution is -0.129. The van der Waals surface area contributed by atoms with Gasteiger partial charge in [0.1, 0.15) is 5.65 Å². The predicted octanol–water partition coefficient (Wildman–Crippen LogP) is 4.79. The third-order valence-corrected chi connectivity index (χ3v) is 7.53. The van der Waals surface area contributed by atoms with Crippen LogP contribution in [0.1, 0.15) is 38.0 Å². The molecule has 10 heteroatoms. The first-order valence-corrected chi connectivity index (χ1v) is 11.3. The van der Waals surface area contributed by atoms with Crippen LogP contribution in [0, 0.1) is 17.8 Å². The summed E-state index contributed by atoms with van der Waals surface area (Å²) in [4.78, 5) is 11.9. The second-order valence-corrected chi connectivity index (χ2v) is 11.4. The quantitative estimate of drug-likeness (QED) is 0.478. The number of nitrogens with one attached hydrogen (secondary N) is 2. The van der Waals surface area contributed by atoms with Crippen molar-refractivity contribution in [1.82, 2.24) is 20.1 Å². The van der Waals surface area contributed by atoms with E-state index in [1.807, 2.05) is 12.3 Å². The Bertz CT molecular complexity index is 1110. The lowest BCUT2D eigenvalue weighted by atomic mass is 9.52. The minimum Gasteiger partial charge on any atom is -0.390 e. The monoisotopic (exact) mass is 467 g/mol. The number of aromatic amines is 1. The molecular formula is C20H20Cl3N5O2. The summed E-state index contributed by atoms with van der Waals surface area (Å²) in [7, 11) is 0. The summed E-state index contributed by atoms with van der Waals surface area (Å²) in [5, 5.41) is 19.7. The smallest absolute Gasteiger partial charge is 0.279 e. The van der Waals surface area contributed by atoms with Gasteiger partial charge in [-0.1, -0.05) is 40.0 Å². The molecule has 0 radical (unpaired) electrons. The number of hydrogen-bond donors (Lipinski definition) is 3. The molecule has 0 spiro atoms. The van der Waals surface area contributed by atoms with Gasteiger partial charge < -0.3 is 19.9 Å². The van der Waals surface area contributed by atoms with Crippen molar-refractivity contribution in [3.63, 3.8) is 0 Å². The molecule has 5 atom stereocenters. The number of aliphatic hydroxyl groups is 1. The Morgan fingerprint density at radius 1 is 1.20 bits per heavy atom. The molecule has 4 aliphatic carbocycles. The number of rotatable bonds is 3. The van der Waals surface area contributed by atoms with Crippen LogP contribution in [0.2, 0.25) is 0 Å². The molecule has 0 saturated heterocycles. The van der Waals surface area contributed by atoms with Gasteiger partial charge in [-0.25, -0.2) is 4.98 Å². The molecule has 7 rings (SSSR count). The van der Waals surface area contributed by atoms with Gasteiger partial charge in [-0.15, -0.1) is 0 Å². The van der Waals surface area contributed by atoms with Crippen molar-refractivity contribution in [2.75, 3.05) is 5.32 Å². The first kappa shape index (κ1) is 19.2. The van der Waals surface area contributed by atoms with Crippen molar-refractivity contribution in [3.05, 3.63) is 24.4 Å². The topological polar surface area (TPSA) is 99.9 Å². The van der Waals surface area contributed by atoms with E-state index in [1.165, 1.54) is 0 Å². The molecule has 0 amide bonds. The zero-order valence-electron chi connectivity index (χ0n) is 15.9. The number of halogens is 3. The number of pyridine rings is 1. The first-order chi connectivity index (χ1) is 14.3. The molecule has 3 N–H and O–H groups in total. The zero-order valence-corrected chi connectivity index (χ0v) is 18.2. The minimum absolute atomic E-state index is 0.0838. The minimum atomic E-state index is -1.79. The van der Waals surface area contributed by atoms with Crippen LogP contribution in [0.3, 0.4) is 0 Å². The van der Waals surface area contributed by atoms with Crippen molar-refractivity contribution in [3.8, 4) is 11.4 Å². The van der Waals surface area contributed by atoms with Crippen molar-refractivity contribution < 1.29 is 9.63 Å². The number of nitrogens with zero attached hydrogens (tertiary/aromatic N) is 3. The molecule has 4 fully saturated rings. The number of anilines is 1. The highest BCUT2D eigenvalue weighted by atomic mass is 35.6. The summed E-state index contributed by atoms with van der Waals surface area (Å²) >= 11 is 17.7. The third kappa shape index (κ3) is 3.01. The van der Waals surface area contributed by atoms with E-state index in [4.69, 9.17) is 39.3 Å². The Morgan fingerprint density at radius 3 is 2.63 bits per heavy atom. The second kappa shape index (κ2) is 6.48. The molecule has 4 bridgehead atoms. The summed E-state index contributed by atoms with van der Waals surface area (Å²) in [6.45, 7) is 0. The molecule has 0 aliphatic heterocycles. The van der Waals surface area contributed by atoms with Crippen LogP contribution in [-0.2, 0) is 3.79 Å². The van der Waals surface area contributed by atoms with Gasteiger partial charge >= 0.3 is 0 Å². The van der Waals surface area contributed by atoms with E-state index >= 15 is 0 Å². The normalized spacial score (nSPS) is 32.8. The van der Waals surface area contributed by atoms with Crippen LogP contribution in [0.5, 0.6) is 0 Å². The van der Waals surface area contributed by atoms with Gasteiger partial charge in [-0.3, -0.25) is 0 Å². The van der Waals surface area contributed by atoms with Gasteiger partial charge in [0.2, 0.25) is 5.82 Å². The van der Waals surface area contributed by atoms with Gasteiger partial charge in [0.25, 0.3) is 9.68 Å². The lowest BCUT2D eigenvalue weighted by Crippen LogP contribution is -2.59. The molecule has 3 aromatic rings. The number of aromatic nitrogens is 4. The molecule has 3 heterocycles. The highest BCUT2D eigenvalue weighted by molar-refractivity contribution is 6.66. The summed E-state index contributed by atoms with van der Waals surface area (Å²) in [6.07, 6.45) is 8.55. The number of fused-ring (bicyclic) bond motifs is 1. The van der Waals surface area contributed by atoms with E-state index in [1.54, 1.807) is 6.20 Å². The van der Waals surface area contributed by atoms with E-state index in [2.05, 4.69) is 25.4 Å². The fourth-order valence-corrected chi connectivity index (χ4v) is 6.39. The van der Waals surface area contributed by atoms with Crippen molar-refractivity contribution in [2.24, 2.45) is 17.8 Å². The van der Waals surface area contributed by atoms with E-state index in [9.17, 15) is 5.11 Å². The highest BCUT2D eigenvalue weighted by Gasteiger charge is 2.54. The van der Waals surface area contributed by atoms with E-state index in [-0.39, 0.29) is 11.9 Å². The van der Waals surface area contributed by atoms with E-state index in [0.717, 1.165) is 48.8 Å². The van der Waals surface area contributed by atoms with Crippen LogP contribution < -0.4 is 5.32 Å². The van der Waals surface area contributed by atoms with Crippen molar-refractivity contribution >= 4 is 51.5 Å². The van der Waals surface area contributed by atoms with Gasteiger partial charge in [0.15, 0.2) is 0 Å². The Labute approximate surface area is 187 Å². The molecule has 4 aliphatic rings. The van der Waals surface area contributed by atoms with Crippen LogP contribution >= 0.6 is 34.8 Å². The summed E-state index contributed by atoms with van der Waals surface area (Å²) < 4.78 is 3.39. The molecule has 0 aromatic carbocycles. The van der Waals surface area contributed by atoms with Gasteiger partial charge in [-0.05, 0) is 55.9 Å². The molecule has 158 valence electrons. The Morgan fingerprint density at radius 2 is 1.97 bits per heavy atom. The SMILES string of the molecule is OC12CC3C[C@H](C1)C(Nc1c(-c4noc(C(Cl)(Cl)Cl)n4)cnc4[nH]ccc14)[C@@H](C3)C2. The number of alkyl halides is 3. The third-order valence-electron chi connectivity index (χ3n) is 7.05. The maximum atomic E-state index is 10.9. The number of H-pyrrole nitrogens is 1. The Balaban J connectivity index is 1.41. The molecule has 3 unspecified atom stereocenters. The van der Waals surface area contributed by atoms with Gasteiger partial charge in [0, 0.05) is 23.8 Å². The van der Waals surface area contributed by atoms with Gasteiger partial charge in [-0.2, -0.15) is 4.98 Å². The highest BCUT2D eigenvalue weighted by Crippen LogP contribution is 2.56. The molecule has 7 nitrogen and oxygen atoms in total.